The molecule has 0 radical (unpaired) electrons. The molecule has 3 aromatic carbocycles. The molecule has 0 spiro atoms. The molecule has 126 valence electrons. The topological polar surface area (TPSA) is 83.8 Å². The third-order valence-electron chi connectivity index (χ3n) is 3.11. The van der Waals surface area contributed by atoms with Crippen LogP contribution in [0.2, 0.25) is 0 Å². The summed E-state index contributed by atoms with van der Waals surface area (Å²) < 4.78 is 4.33. The highest BCUT2D eigenvalue weighted by atomic mass is 16.7. The van der Waals surface area contributed by atoms with Crippen LogP contribution in [-0.2, 0) is 0 Å². The van der Waals surface area contributed by atoms with Gasteiger partial charge in [-0.3, -0.25) is 4.79 Å². The van der Waals surface area contributed by atoms with Crippen molar-refractivity contribution in [1.29, 1.82) is 0 Å². The Morgan fingerprint density at radius 3 is 1.68 bits per heavy atom. The molecule has 0 amide bonds. The lowest BCUT2D eigenvalue weighted by Crippen LogP contribution is -2.02. The van der Waals surface area contributed by atoms with Gasteiger partial charge in [0.05, 0.1) is 0 Å². The molecule has 0 saturated carbocycles. The van der Waals surface area contributed by atoms with E-state index in [1.807, 2.05) is 18.2 Å². The summed E-state index contributed by atoms with van der Waals surface area (Å²) in [6, 6.07) is 23.7. The molecule has 0 bridgehead atoms. The summed E-state index contributed by atoms with van der Waals surface area (Å²) >= 11 is 0. The van der Waals surface area contributed by atoms with E-state index in [9.17, 15) is 9.59 Å². The Morgan fingerprint density at radius 2 is 1.16 bits per heavy atom. The molecule has 3 rings (SSSR count). The Morgan fingerprint density at radius 1 is 0.680 bits per heavy atom. The fraction of sp³-hybridized carbons (Fsp3) is 0. The molecule has 0 aliphatic carbocycles. The Labute approximate surface area is 144 Å². The molecule has 0 heterocycles. The minimum atomic E-state index is -1.29. The normalized spacial score (nSPS) is 9.44. The maximum atomic E-state index is 11.9. The van der Waals surface area contributed by atoms with Crippen molar-refractivity contribution in [3.8, 4) is 11.5 Å². The maximum Gasteiger partial charge on any atom is 0.511 e. The number of rotatable bonds is 3. The molecular formula is C20H16O5. The van der Waals surface area contributed by atoms with Crippen LogP contribution in [0.3, 0.4) is 0 Å². The van der Waals surface area contributed by atoms with E-state index in [1.165, 1.54) is 12.1 Å². The molecule has 25 heavy (non-hydrogen) atoms. The highest BCUT2D eigenvalue weighted by Crippen LogP contribution is 2.13. The number of phenolic OH excluding ortho intramolecular Hbond substituents is 1. The van der Waals surface area contributed by atoms with Crippen LogP contribution in [0.5, 0.6) is 11.5 Å². The van der Waals surface area contributed by atoms with Crippen LogP contribution in [0.15, 0.2) is 84.9 Å². The van der Waals surface area contributed by atoms with Gasteiger partial charge in [0.2, 0.25) is 0 Å². The van der Waals surface area contributed by atoms with E-state index in [1.54, 1.807) is 54.6 Å². The number of carbonyl (C=O) groups is 2. The van der Waals surface area contributed by atoms with Crippen LogP contribution in [0.1, 0.15) is 15.9 Å². The van der Waals surface area contributed by atoms with Gasteiger partial charge in [0, 0.05) is 11.1 Å². The number of aromatic hydroxyl groups is 1. The average Bonchev–Trinajstić information content (AvgIpc) is 2.63. The van der Waals surface area contributed by atoms with E-state index >= 15 is 0 Å². The third-order valence-corrected chi connectivity index (χ3v) is 3.11. The molecule has 0 aliphatic rings. The number of ketones is 1. The Bertz CT molecular complexity index is 812. The molecule has 2 N–H and O–H groups in total. The van der Waals surface area contributed by atoms with Crippen LogP contribution in [0, 0.1) is 0 Å². The van der Waals surface area contributed by atoms with Gasteiger partial charge in [0.1, 0.15) is 11.5 Å². The van der Waals surface area contributed by atoms with Gasteiger partial charge < -0.3 is 14.9 Å². The summed E-state index contributed by atoms with van der Waals surface area (Å²) in [6.45, 7) is 0. The molecule has 0 atom stereocenters. The first-order valence-electron chi connectivity index (χ1n) is 7.41. The highest BCUT2D eigenvalue weighted by molar-refractivity contribution is 6.08. The summed E-state index contributed by atoms with van der Waals surface area (Å²) in [5.41, 5.74) is 1.24. The SMILES string of the molecule is O=C(O)Oc1ccccc1.O=C(c1ccccc1)c1ccc(O)cc1. The molecular weight excluding hydrogens is 320 g/mol. The predicted octanol–water partition coefficient (Wildman–Crippen LogP) is 4.37. The van der Waals surface area contributed by atoms with Crippen molar-refractivity contribution in [3.63, 3.8) is 0 Å². The number of hydrogen-bond acceptors (Lipinski definition) is 4. The molecule has 5 heteroatoms. The Balaban J connectivity index is 0.000000196. The van der Waals surface area contributed by atoms with Gasteiger partial charge in [0.15, 0.2) is 5.78 Å². The van der Waals surface area contributed by atoms with Crippen molar-refractivity contribution in [2.24, 2.45) is 0 Å². The van der Waals surface area contributed by atoms with E-state index in [2.05, 4.69) is 4.74 Å². The first-order valence-corrected chi connectivity index (χ1v) is 7.41. The first kappa shape index (κ1) is 17.7. The van der Waals surface area contributed by atoms with Gasteiger partial charge in [-0.1, -0.05) is 48.5 Å². The van der Waals surface area contributed by atoms with Crippen LogP contribution < -0.4 is 4.74 Å². The maximum absolute atomic E-state index is 11.9. The quantitative estimate of drug-likeness (QED) is 0.421. The molecule has 5 nitrogen and oxygen atoms in total. The average molecular weight is 336 g/mol. The van der Waals surface area contributed by atoms with Crippen molar-refractivity contribution in [2.45, 2.75) is 0 Å². The zero-order valence-corrected chi connectivity index (χ0v) is 13.2. The van der Waals surface area contributed by atoms with Crippen LogP contribution in [0.4, 0.5) is 4.79 Å². The number of ether oxygens (including phenoxy) is 1. The van der Waals surface area contributed by atoms with Gasteiger partial charge in [-0.25, -0.2) is 4.79 Å². The van der Waals surface area contributed by atoms with Gasteiger partial charge >= 0.3 is 6.16 Å². The number of benzene rings is 3. The minimum Gasteiger partial charge on any atom is -0.508 e. The Hall–Kier alpha value is -3.60. The summed E-state index contributed by atoms with van der Waals surface area (Å²) in [6.07, 6.45) is -1.29. The number of carboxylic acid groups (broad SMARTS) is 1. The molecule has 0 unspecified atom stereocenters. The number of carbonyl (C=O) groups excluding carboxylic acids is 1. The Kier molecular flexibility index (Phi) is 6.31. The van der Waals surface area contributed by atoms with Crippen molar-refractivity contribution >= 4 is 11.9 Å². The summed E-state index contributed by atoms with van der Waals surface area (Å²) in [5, 5.41) is 17.2. The fourth-order valence-corrected chi connectivity index (χ4v) is 1.96. The second-order valence-corrected chi connectivity index (χ2v) is 4.92. The lowest BCUT2D eigenvalue weighted by molar-refractivity contribution is 0.103. The summed E-state index contributed by atoms with van der Waals surface area (Å²) in [5.74, 6) is 0.477. The lowest BCUT2D eigenvalue weighted by Gasteiger charge is -2.00. The minimum absolute atomic E-state index is 0.0319. The van der Waals surface area contributed by atoms with Gasteiger partial charge in [-0.2, -0.15) is 0 Å². The number of para-hydroxylation sites is 1. The van der Waals surface area contributed by atoms with Crippen LogP contribution >= 0.6 is 0 Å². The van der Waals surface area contributed by atoms with E-state index < -0.39 is 6.16 Å². The van der Waals surface area contributed by atoms with Crippen molar-refractivity contribution < 1.29 is 24.5 Å². The molecule has 0 aromatic heterocycles. The van der Waals surface area contributed by atoms with Gasteiger partial charge in [-0.05, 0) is 36.4 Å². The molecule has 3 aromatic rings. The van der Waals surface area contributed by atoms with Crippen LogP contribution in [0.25, 0.3) is 0 Å². The summed E-state index contributed by atoms with van der Waals surface area (Å²) in [7, 11) is 0. The van der Waals surface area contributed by atoms with E-state index in [0.29, 0.717) is 16.9 Å². The highest BCUT2D eigenvalue weighted by Gasteiger charge is 2.07. The number of phenols is 1. The van der Waals surface area contributed by atoms with E-state index in [4.69, 9.17) is 10.2 Å². The predicted molar refractivity (Wildman–Crippen MR) is 93.1 cm³/mol. The van der Waals surface area contributed by atoms with Gasteiger partial charge in [0.25, 0.3) is 0 Å². The zero-order valence-electron chi connectivity index (χ0n) is 13.2. The molecule has 0 saturated heterocycles. The smallest absolute Gasteiger partial charge is 0.508 e. The zero-order chi connectivity index (χ0) is 18.1. The number of hydrogen-bond donors (Lipinski definition) is 2. The standard InChI is InChI=1S/C13H10O2.C7H6O3/c14-12-8-6-11(7-9-12)13(15)10-4-2-1-3-5-10;8-7(9)10-6-4-2-1-3-5-6/h1-9,14H;1-5H,(H,8,9). The monoisotopic (exact) mass is 336 g/mol. The van der Waals surface area contributed by atoms with E-state index in [-0.39, 0.29) is 11.5 Å². The van der Waals surface area contributed by atoms with Gasteiger partial charge in [-0.15, -0.1) is 0 Å². The third kappa shape index (κ3) is 5.84. The van der Waals surface area contributed by atoms with Crippen molar-refractivity contribution in [1.82, 2.24) is 0 Å². The second-order valence-electron chi connectivity index (χ2n) is 4.92. The van der Waals surface area contributed by atoms with Crippen molar-refractivity contribution in [2.75, 3.05) is 0 Å². The summed E-state index contributed by atoms with van der Waals surface area (Å²) in [4.78, 5) is 21.8. The first-order chi connectivity index (χ1) is 12.1. The second kappa shape index (κ2) is 8.88. The van der Waals surface area contributed by atoms with Crippen LogP contribution in [-0.4, -0.2) is 22.2 Å². The lowest BCUT2D eigenvalue weighted by atomic mass is 10.0. The largest absolute Gasteiger partial charge is 0.511 e. The molecule has 0 aliphatic heterocycles. The van der Waals surface area contributed by atoms with E-state index in [0.717, 1.165) is 0 Å². The fourth-order valence-electron chi connectivity index (χ4n) is 1.96. The van der Waals surface area contributed by atoms with Crippen molar-refractivity contribution in [3.05, 3.63) is 96.1 Å². The molecule has 0 fully saturated rings.